The third kappa shape index (κ3) is 3.52. The Kier molecular flexibility index (Phi) is 4.68. The van der Waals surface area contributed by atoms with Crippen molar-refractivity contribution in [2.45, 2.75) is 19.5 Å². The van der Waals surface area contributed by atoms with E-state index in [9.17, 15) is 13.2 Å². The first-order valence-corrected chi connectivity index (χ1v) is 6.47. The molecule has 0 heterocycles. The van der Waals surface area contributed by atoms with Gasteiger partial charge in [0.25, 0.3) is 0 Å². The van der Waals surface area contributed by atoms with Crippen molar-refractivity contribution in [3.05, 3.63) is 70.0 Å². The average molecular weight is 300 g/mol. The Labute approximate surface area is 120 Å². The van der Waals surface area contributed by atoms with Gasteiger partial charge in [0.1, 0.15) is 5.82 Å². The van der Waals surface area contributed by atoms with Gasteiger partial charge in [-0.15, -0.1) is 0 Å². The predicted octanol–water partition coefficient (Wildman–Crippen LogP) is 4.61. The summed E-state index contributed by atoms with van der Waals surface area (Å²) in [4.78, 5) is 0. The van der Waals surface area contributed by atoms with Crippen LogP contribution in [0, 0.1) is 17.5 Å². The highest BCUT2D eigenvalue weighted by molar-refractivity contribution is 6.31. The molecule has 2 aromatic carbocycles. The molecule has 0 fully saturated rings. The van der Waals surface area contributed by atoms with E-state index in [1.165, 1.54) is 18.2 Å². The first kappa shape index (κ1) is 14.9. The van der Waals surface area contributed by atoms with E-state index in [0.29, 0.717) is 17.1 Å². The maximum atomic E-state index is 13.1. The number of benzene rings is 2. The summed E-state index contributed by atoms with van der Waals surface area (Å²) in [5, 5.41) is 3.45. The second-order valence-electron chi connectivity index (χ2n) is 4.51. The first-order chi connectivity index (χ1) is 9.47. The Morgan fingerprint density at radius 2 is 1.80 bits per heavy atom. The van der Waals surface area contributed by atoms with Crippen LogP contribution < -0.4 is 5.32 Å². The summed E-state index contributed by atoms with van der Waals surface area (Å²) in [6, 6.07) is 7.72. The van der Waals surface area contributed by atoms with Gasteiger partial charge in [-0.3, -0.25) is 0 Å². The second-order valence-corrected chi connectivity index (χ2v) is 4.92. The lowest BCUT2D eigenvalue weighted by Gasteiger charge is -2.15. The van der Waals surface area contributed by atoms with Gasteiger partial charge in [0.15, 0.2) is 11.6 Å². The average Bonchev–Trinajstić information content (AvgIpc) is 2.40. The molecule has 5 heteroatoms. The third-order valence-electron chi connectivity index (χ3n) is 3.06. The van der Waals surface area contributed by atoms with Crippen LogP contribution in [0.5, 0.6) is 0 Å². The summed E-state index contributed by atoms with van der Waals surface area (Å²) in [6.07, 6.45) is 0. The zero-order chi connectivity index (χ0) is 14.7. The van der Waals surface area contributed by atoms with E-state index in [2.05, 4.69) is 5.32 Å². The van der Waals surface area contributed by atoms with Crippen molar-refractivity contribution in [1.29, 1.82) is 0 Å². The highest BCUT2D eigenvalue weighted by atomic mass is 35.5. The first-order valence-electron chi connectivity index (χ1n) is 6.09. The molecule has 0 spiro atoms. The van der Waals surface area contributed by atoms with Crippen molar-refractivity contribution in [3.63, 3.8) is 0 Å². The second kappa shape index (κ2) is 6.29. The third-order valence-corrected chi connectivity index (χ3v) is 3.41. The molecule has 20 heavy (non-hydrogen) atoms. The molecule has 0 aliphatic carbocycles. The molecule has 2 rings (SSSR count). The Morgan fingerprint density at radius 3 is 2.45 bits per heavy atom. The van der Waals surface area contributed by atoms with Crippen LogP contribution in [0.15, 0.2) is 36.4 Å². The lowest BCUT2D eigenvalue weighted by atomic mass is 10.1. The fourth-order valence-corrected chi connectivity index (χ4v) is 2.06. The maximum Gasteiger partial charge on any atom is 0.159 e. The van der Waals surface area contributed by atoms with Crippen molar-refractivity contribution in [3.8, 4) is 0 Å². The molecule has 2 aromatic rings. The maximum absolute atomic E-state index is 13.1. The smallest absolute Gasteiger partial charge is 0.159 e. The number of hydrogen-bond donors (Lipinski definition) is 1. The van der Waals surface area contributed by atoms with Gasteiger partial charge in [-0.2, -0.15) is 0 Å². The van der Waals surface area contributed by atoms with Crippen LogP contribution >= 0.6 is 11.6 Å². The zero-order valence-corrected chi connectivity index (χ0v) is 11.5. The molecule has 1 atom stereocenters. The molecule has 0 radical (unpaired) electrons. The predicted molar refractivity (Wildman–Crippen MR) is 73.0 cm³/mol. The van der Waals surface area contributed by atoms with Gasteiger partial charge in [0, 0.05) is 17.6 Å². The lowest BCUT2D eigenvalue weighted by Crippen LogP contribution is -2.18. The molecule has 0 aliphatic heterocycles. The van der Waals surface area contributed by atoms with Crippen LogP contribution in [0.3, 0.4) is 0 Å². The number of hydrogen-bond acceptors (Lipinski definition) is 1. The quantitative estimate of drug-likeness (QED) is 0.869. The standard InChI is InChI=1S/C15H13ClF3N/c1-9(10-3-5-14(18)15(19)6-10)20-8-11-2-4-12(17)7-13(11)16/h2-7,9,20H,8H2,1H3. The highest BCUT2D eigenvalue weighted by Gasteiger charge is 2.10. The van der Waals surface area contributed by atoms with Crippen LogP contribution in [-0.4, -0.2) is 0 Å². The summed E-state index contributed by atoms with van der Waals surface area (Å²) in [7, 11) is 0. The van der Waals surface area contributed by atoms with Gasteiger partial charge in [-0.1, -0.05) is 23.7 Å². The molecule has 106 valence electrons. The van der Waals surface area contributed by atoms with Gasteiger partial charge in [-0.05, 0) is 42.3 Å². The Balaban J connectivity index is 2.04. The van der Waals surface area contributed by atoms with Gasteiger partial charge in [0.05, 0.1) is 0 Å². The molecular weight excluding hydrogens is 287 g/mol. The van der Waals surface area contributed by atoms with E-state index < -0.39 is 17.5 Å². The molecule has 0 aromatic heterocycles. The lowest BCUT2D eigenvalue weighted by molar-refractivity contribution is 0.500. The van der Waals surface area contributed by atoms with Crippen molar-refractivity contribution < 1.29 is 13.2 Å². The number of halogens is 4. The van der Waals surface area contributed by atoms with E-state index in [4.69, 9.17) is 11.6 Å². The highest BCUT2D eigenvalue weighted by Crippen LogP contribution is 2.20. The Morgan fingerprint density at radius 1 is 1.05 bits per heavy atom. The van der Waals surface area contributed by atoms with Gasteiger partial charge < -0.3 is 5.32 Å². The summed E-state index contributed by atoms with van der Waals surface area (Å²) in [5.74, 6) is -2.15. The topological polar surface area (TPSA) is 12.0 Å². The van der Waals surface area contributed by atoms with Crippen LogP contribution in [-0.2, 0) is 6.54 Å². The summed E-state index contributed by atoms with van der Waals surface area (Å²) in [5.41, 5.74) is 1.37. The zero-order valence-electron chi connectivity index (χ0n) is 10.8. The SMILES string of the molecule is CC(NCc1ccc(F)cc1Cl)c1ccc(F)c(F)c1. The van der Waals surface area contributed by atoms with Crippen molar-refractivity contribution in [2.24, 2.45) is 0 Å². The van der Waals surface area contributed by atoms with E-state index in [1.54, 1.807) is 6.07 Å². The molecule has 1 nitrogen and oxygen atoms in total. The largest absolute Gasteiger partial charge is 0.306 e. The molecule has 0 saturated carbocycles. The number of nitrogens with one attached hydrogen (secondary N) is 1. The minimum atomic E-state index is -0.879. The van der Waals surface area contributed by atoms with Crippen LogP contribution in [0.25, 0.3) is 0 Å². The molecule has 0 bridgehead atoms. The normalized spacial score (nSPS) is 12.4. The Bertz CT molecular complexity index is 616. The van der Waals surface area contributed by atoms with E-state index >= 15 is 0 Å². The van der Waals surface area contributed by atoms with Gasteiger partial charge in [-0.25, -0.2) is 13.2 Å². The molecular formula is C15H13ClF3N. The van der Waals surface area contributed by atoms with Crippen LogP contribution in [0.1, 0.15) is 24.1 Å². The molecule has 0 amide bonds. The monoisotopic (exact) mass is 299 g/mol. The fourth-order valence-electron chi connectivity index (χ4n) is 1.83. The van der Waals surface area contributed by atoms with Gasteiger partial charge in [0.2, 0.25) is 0 Å². The fraction of sp³-hybridized carbons (Fsp3) is 0.200. The number of rotatable bonds is 4. The van der Waals surface area contributed by atoms with Crippen molar-refractivity contribution >= 4 is 11.6 Å². The summed E-state index contributed by atoms with van der Waals surface area (Å²) >= 11 is 5.92. The van der Waals surface area contributed by atoms with E-state index in [1.807, 2.05) is 6.92 Å². The van der Waals surface area contributed by atoms with Gasteiger partial charge >= 0.3 is 0 Å². The Hall–Kier alpha value is -1.52. The molecule has 1 N–H and O–H groups in total. The minimum Gasteiger partial charge on any atom is -0.306 e. The molecule has 0 saturated heterocycles. The van der Waals surface area contributed by atoms with Crippen molar-refractivity contribution in [2.75, 3.05) is 0 Å². The molecule has 0 aliphatic rings. The molecule has 1 unspecified atom stereocenters. The minimum absolute atomic E-state index is 0.189. The van der Waals surface area contributed by atoms with E-state index in [0.717, 1.165) is 17.7 Å². The van der Waals surface area contributed by atoms with Crippen molar-refractivity contribution in [1.82, 2.24) is 5.32 Å². The van der Waals surface area contributed by atoms with Crippen LogP contribution in [0.2, 0.25) is 5.02 Å². The summed E-state index contributed by atoms with van der Waals surface area (Å²) < 4.78 is 38.9. The van der Waals surface area contributed by atoms with Crippen LogP contribution in [0.4, 0.5) is 13.2 Å². The van der Waals surface area contributed by atoms with E-state index in [-0.39, 0.29) is 6.04 Å². The summed E-state index contributed by atoms with van der Waals surface area (Å²) in [6.45, 7) is 2.23.